The molecule has 0 saturated carbocycles. The molecule has 6 heteroatoms. The average Bonchev–Trinajstić information content (AvgIpc) is 2.42. The Hall–Kier alpha value is -1.24. The summed E-state index contributed by atoms with van der Waals surface area (Å²) in [4.78, 5) is 2.04. The Morgan fingerprint density at radius 3 is 2.79 bits per heavy atom. The Labute approximate surface area is 110 Å². The highest BCUT2D eigenvalue weighted by Gasteiger charge is 2.16. The molecule has 1 fully saturated rings. The molecule has 0 spiro atoms. The third-order valence-electron chi connectivity index (χ3n) is 2.92. The lowest BCUT2D eigenvalue weighted by molar-refractivity contribution is 0.00427. The van der Waals surface area contributed by atoms with Gasteiger partial charge in [0.15, 0.2) is 11.6 Å². The summed E-state index contributed by atoms with van der Waals surface area (Å²) in [5.41, 5.74) is 0. The fourth-order valence-electron chi connectivity index (χ4n) is 1.92. The van der Waals surface area contributed by atoms with Crippen LogP contribution in [0.3, 0.4) is 0 Å². The van der Waals surface area contributed by atoms with Crippen LogP contribution in [0.1, 0.15) is 0 Å². The number of nitrogens with zero attached hydrogens (tertiary/aromatic N) is 1. The van der Waals surface area contributed by atoms with E-state index in [1.807, 2.05) is 4.90 Å². The zero-order chi connectivity index (χ0) is 13.7. The van der Waals surface area contributed by atoms with Crippen LogP contribution in [-0.4, -0.2) is 55.6 Å². The number of aliphatic hydroxyl groups excluding tert-OH is 1. The van der Waals surface area contributed by atoms with E-state index in [2.05, 4.69) is 0 Å². The van der Waals surface area contributed by atoms with Crippen molar-refractivity contribution in [2.45, 2.75) is 6.10 Å². The van der Waals surface area contributed by atoms with Crippen LogP contribution in [0.15, 0.2) is 18.2 Å². The molecular formula is C13H17F2NO3. The van der Waals surface area contributed by atoms with Gasteiger partial charge in [0.05, 0.1) is 13.2 Å². The largest absolute Gasteiger partial charge is 0.488 e. The zero-order valence-corrected chi connectivity index (χ0v) is 10.5. The smallest absolute Gasteiger partial charge is 0.200 e. The molecule has 1 atom stereocenters. The van der Waals surface area contributed by atoms with Crippen molar-refractivity contribution in [2.75, 3.05) is 39.5 Å². The molecule has 0 radical (unpaired) electrons. The van der Waals surface area contributed by atoms with Gasteiger partial charge in [-0.15, -0.1) is 0 Å². The number of halogens is 2. The first-order chi connectivity index (χ1) is 9.16. The normalized spacial score (nSPS) is 18.3. The van der Waals surface area contributed by atoms with Crippen molar-refractivity contribution in [3.05, 3.63) is 29.8 Å². The topological polar surface area (TPSA) is 41.9 Å². The second kappa shape index (κ2) is 6.79. The highest BCUT2D eigenvalue weighted by molar-refractivity contribution is 5.25. The second-order valence-corrected chi connectivity index (χ2v) is 4.43. The number of aliphatic hydroxyl groups is 1. The van der Waals surface area contributed by atoms with Crippen LogP contribution in [0, 0.1) is 11.6 Å². The molecule has 0 amide bonds. The number of morpholine rings is 1. The van der Waals surface area contributed by atoms with Gasteiger partial charge in [-0.3, -0.25) is 4.90 Å². The molecule has 1 aromatic rings. The van der Waals surface area contributed by atoms with E-state index in [1.165, 1.54) is 12.1 Å². The summed E-state index contributed by atoms with van der Waals surface area (Å²) >= 11 is 0. The molecule has 4 nitrogen and oxygen atoms in total. The van der Waals surface area contributed by atoms with Gasteiger partial charge in [-0.2, -0.15) is 4.39 Å². The van der Waals surface area contributed by atoms with Crippen LogP contribution in [0.4, 0.5) is 8.78 Å². The van der Waals surface area contributed by atoms with Crippen LogP contribution in [0.2, 0.25) is 0 Å². The second-order valence-electron chi connectivity index (χ2n) is 4.43. The minimum Gasteiger partial charge on any atom is -0.488 e. The monoisotopic (exact) mass is 273 g/mol. The van der Waals surface area contributed by atoms with Crippen molar-refractivity contribution >= 4 is 0 Å². The predicted molar refractivity (Wildman–Crippen MR) is 65.1 cm³/mol. The predicted octanol–water partition coefficient (Wildman–Crippen LogP) is 1.04. The highest BCUT2D eigenvalue weighted by atomic mass is 19.2. The number of ether oxygens (including phenoxy) is 2. The van der Waals surface area contributed by atoms with E-state index in [0.29, 0.717) is 19.8 Å². The standard InChI is InChI=1S/C13H17F2NO3/c14-11-2-1-3-12(13(11)15)19-9-10(17)8-16-4-6-18-7-5-16/h1-3,10,17H,4-9H2. The first-order valence-electron chi connectivity index (χ1n) is 6.22. The first-order valence-corrected chi connectivity index (χ1v) is 6.22. The molecule has 0 aliphatic carbocycles. The van der Waals surface area contributed by atoms with Crippen LogP contribution in [0.5, 0.6) is 5.75 Å². The van der Waals surface area contributed by atoms with E-state index in [0.717, 1.165) is 19.2 Å². The molecule has 0 bridgehead atoms. The Morgan fingerprint density at radius 1 is 1.32 bits per heavy atom. The SMILES string of the molecule is OC(COc1cccc(F)c1F)CN1CCOCC1. The van der Waals surface area contributed by atoms with Crippen molar-refractivity contribution < 1.29 is 23.4 Å². The molecule has 0 aromatic heterocycles. The van der Waals surface area contributed by atoms with Gasteiger partial charge < -0.3 is 14.6 Å². The Kier molecular flexibility index (Phi) is 5.07. The lowest BCUT2D eigenvalue weighted by Gasteiger charge is -2.28. The van der Waals surface area contributed by atoms with Crippen molar-refractivity contribution in [3.8, 4) is 5.75 Å². The van der Waals surface area contributed by atoms with Gasteiger partial charge in [-0.25, -0.2) is 4.39 Å². The molecule has 1 N–H and O–H groups in total. The molecule has 1 aliphatic rings. The Bertz CT molecular complexity index is 411. The summed E-state index contributed by atoms with van der Waals surface area (Å²) in [7, 11) is 0. The van der Waals surface area contributed by atoms with Gasteiger partial charge in [0.25, 0.3) is 0 Å². The van der Waals surface area contributed by atoms with E-state index in [9.17, 15) is 13.9 Å². The summed E-state index contributed by atoms with van der Waals surface area (Å²) in [6, 6.07) is 3.72. The van der Waals surface area contributed by atoms with Crippen LogP contribution >= 0.6 is 0 Å². The quantitative estimate of drug-likeness (QED) is 0.870. The zero-order valence-electron chi connectivity index (χ0n) is 10.5. The van der Waals surface area contributed by atoms with E-state index < -0.39 is 17.7 Å². The summed E-state index contributed by atoms with van der Waals surface area (Å²) < 4.78 is 36.5. The van der Waals surface area contributed by atoms with Crippen molar-refractivity contribution in [1.82, 2.24) is 4.90 Å². The fraction of sp³-hybridized carbons (Fsp3) is 0.538. The lowest BCUT2D eigenvalue weighted by atomic mass is 10.3. The van der Waals surface area contributed by atoms with Crippen LogP contribution in [-0.2, 0) is 4.74 Å². The maximum atomic E-state index is 13.3. The summed E-state index contributed by atoms with van der Waals surface area (Å²) in [6.45, 7) is 3.16. The van der Waals surface area contributed by atoms with Gasteiger partial charge >= 0.3 is 0 Å². The molecular weight excluding hydrogens is 256 g/mol. The summed E-state index contributed by atoms with van der Waals surface area (Å²) in [5, 5.41) is 9.80. The van der Waals surface area contributed by atoms with Crippen molar-refractivity contribution in [2.24, 2.45) is 0 Å². The Morgan fingerprint density at radius 2 is 2.05 bits per heavy atom. The molecule has 1 saturated heterocycles. The number of hydrogen-bond donors (Lipinski definition) is 1. The highest BCUT2D eigenvalue weighted by Crippen LogP contribution is 2.19. The lowest BCUT2D eigenvalue weighted by Crippen LogP contribution is -2.42. The Balaban J connectivity index is 1.79. The third kappa shape index (κ3) is 4.12. The first kappa shape index (κ1) is 14.2. The average molecular weight is 273 g/mol. The summed E-state index contributed by atoms with van der Waals surface area (Å²) in [6.07, 6.45) is -0.749. The van der Waals surface area contributed by atoms with Crippen LogP contribution in [0.25, 0.3) is 0 Å². The van der Waals surface area contributed by atoms with E-state index in [4.69, 9.17) is 9.47 Å². The maximum absolute atomic E-state index is 13.3. The molecule has 1 aromatic carbocycles. The van der Waals surface area contributed by atoms with Gasteiger partial charge in [-0.1, -0.05) is 6.07 Å². The molecule has 1 unspecified atom stereocenters. The molecule has 19 heavy (non-hydrogen) atoms. The molecule has 2 rings (SSSR count). The third-order valence-corrected chi connectivity index (χ3v) is 2.92. The molecule has 1 heterocycles. The number of benzene rings is 1. The molecule has 1 aliphatic heterocycles. The number of rotatable bonds is 5. The van der Waals surface area contributed by atoms with Gasteiger partial charge in [0, 0.05) is 19.6 Å². The minimum atomic E-state index is -1.03. The molecule has 106 valence electrons. The van der Waals surface area contributed by atoms with E-state index >= 15 is 0 Å². The maximum Gasteiger partial charge on any atom is 0.200 e. The minimum absolute atomic E-state index is 0.0717. The number of β-amino-alcohol motifs (C(OH)–C–C–N with tert-alkyl or cyclic N) is 1. The van der Waals surface area contributed by atoms with Crippen molar-refractivity contribution in [3.63, 3.8) is 0 Å². The number of hydrogen-bond acceptors (Lipinski definition) is 4. The van der Waals surface area contributed by atoms with Gasteiger partial charge in [0.2, 0.25) is 5.82 Å². The fourth-order valence-corrected chi connectivity index (χ4v) is 1.92. The summed E-state index contributed by atoms with van der Waals surface area (Å²) in [5.74, 6) is -2.16. The van der Waals surface area contributed by atoms with Crippen molar-refractivity contribution in [1.29, 1.82) is 0 Å². The van der Waals surface area contributed by atoms with Crippen LogP contribution < -0.4 is 4.74 Å². The van der Waals surface area contributed by atoms with Gasteiger partial charge in [-0.05, 0) is 12.1 Å². The van der Waals surface area contributed by atoms with E-state index in [-0.39, 0.29) is 12.4 Å². The van der Waals surface area contributed by atoms with Gasteiger partial charge in [0.1, 0.15) is 12.7 Å². The van der Waals surface area contributed by atoms with E-state index in [1.54, 1.807) is 0 Å².